The van der Waals surface area contributed by atoms with E-state index in [1.54, 1.807) is 24.4 Å². The maximum atomic E-state index is 13.9. The zero-order valence-corrected chi connectivity index (χ0v) is 19.0. The molecule has 3 atom stereocenters. The number of amides is 1. The molecule has 2 aliphatic rings. The number of aromatic nitrogens is 1. The van der Waals surface area contributed by atoms with Crippen LogP contribution in [0.4, 0.5) is 5.69 Å². The minimum Gasteiger partial charge on any atom is -0.324 e. The minimum absolute atomic E-state index is 0.145. The number of benzene rings is 2. The fourth-order valence-electron chi connectivity index (χ4n) is 5.09. The summed E-state index contributed by atoms with van der Waals surface area (Å²) in [6.07, 6.45) is 1.61. The highest BCUT2D eigenvalue weighted by Gasteiger charge is 2.64. The zero-order valence-electron chi connectivity index (χ0n) is 16.7. The van der Waals surface area contributed by atoms with Crippen LogP contribution in [0.1, 0.15) is 27.5 Å². The lowest BCUT2D eigenvalue weighted by atomic mass is 9.71. The van der Waals surface area contributed by atoms with Crippen LogP contribution < -0.4 is 5.32 Å². The quantitative estimate of drug-likeness (QED) is 0.525. The van der Waals surface area contributed by atoms with E-state index in [2.05, 4.69) is 26.2 Å². The number of halogens is 2. The van der Waals surface area contributed by atoms with E-state index in [1.165, 1.54) is 0 Å². The van der Waals surface area contributed by atoms with Gasteiger partial charge >= 0.3 is 0 Å². The normalized spacial score (nSPS) is 24.9. The topological polar surface area (TPSA) is 62.3 Å². The van der Waals surface area contributed by atoms with Crippen molar-refractivity contribution in [2.24, 2.45) is 5.92 Å². The Kier molecular flexibility index (Phi) is 4.96. The van der Waals surface area contributed by atoms with Crippen LogP contribution in [0.3, 0.4) is 0 Å². The number of nitrogens with zero attached hydrogens (tertiary/aromatic N) is 2. The molecule has 0 radical (unpaired) electrons. The fourth-order valence-corrected chi connectivity index (χ4v) is 5.58. The van der Waals surface area contributed by atoms with Gasteiger partial charge in [0.1, 0.15) is 11.2 Å². The summed E-state index contributed by atoms with van der Waals surface area (Å²) in [5.74, 6) is -1.18. The van der Waals surface area contributed by atoms with Crippen LogP contribution in [-0.4, -0.2) is 35.2 Å². The molecule has 3 heterocycles. The number of likely N-dealkylation sites (tertiary alicyclic amines) is 1. The summed E-state index contributed by atoms with van der Waals surface area (Å²) in [6, 6.07) is 18.5. The molecule has 1 amide bonds. The number of anilines is 1. The average Bonchev–Trinajstić information content (AvgIpc) is 3.24. The zero-order chi connectivity index (χ0) is 21.8. The first-order valence-corrected chi connectivity index (χ1v) is 11.1. The van der Waals surface area contributed by atoms with Crippen molar-refractivity contribution in [3.63, 3.8) is 0 Å². The van der Waals surface area contributed by atoms with Crippen molar-refractivity contribution in [2.45, 2.75) is 11.5 Å². The molecular weight excluding hydrogens is 478 g/mol. The number of likely N-dealkylation sites (N-methyl/N-ethyl adjacent to an activating group) is 1. The number of hydrogen-bond acceptors (Lipinski definition) is 4. The number of carbonyl (C=O) groups is 2. The molecule has 2 aliphatic heterocycles. The summed E-state index contributed by atoms with van der Waals surface area (Å²) >= 11 is 9.65. The summed E-state index contributed by atoms with van der Waals surface area (Å²) in [5, 5.41) is 3.64. The van der Waals surface area contributed by atoms with Gasteiger partial charge in [-0.15, -0.1) is 0 Å². The second-order valence-electron chi connectivity index (χ2n) is 8.01. The third-order valence-electron chi connectivity index (χ3n) is 6.41. The van der Waals surface area contributed by atoms with Crippen LogP contribution in [0.15, 0.2) is 71.3 Å². The van der Waals surface area contributed by atoms with Gasteiger partial charge in [-0.05, 0) is 55.1 Å². The van der Waals surface area contributed by atoms with Crippen molar-refractivity contribution in [3.8, 4) is 0 Å². The first kappa shape index (κ1) is 20.4. The maximum absolute atomic E-state index is 13.9. The van der Waals surface area contributed by atoms with Gasteiger partial charge in [0.05, 0.1) is 5.92 Å². The molecule has 5 rings (SSSR count). The van der Waals surface area contributed by atoms with E-state index in [0.29, 0.717) is 17.3 Å². The Bertz CT molecular complexity index is 1190. The molecule has 156 valence electrons. The Morgan fingerprint density at radius 1 is 1.19 bits per heavy atom. The lowest BCUT2D eigenvalue weighted by Gasteiger charge is -2.35. The van der Waals surface area contributed by atoms with Crippen molar-refractivity contribution >= 4 is 44.9 Å². The van der Waals surface area contributed by atoms with E-state index in [9.17, 15) is 9.59 Å². The molecule has 5 nitrogen and oxygen atoms in total. The second-order valence-corrected chi connectivity index (χ2v) is 9.36. The Balaban J connectivity index is 1.74. The van der Waals surface area contributed by atoms with E-state index in [0.717, 1.165) is 21.3 Å². The molecule has 7 heteroatoms. The number of hydrogen-bond donors (Lipinski definition) is 1. The Hall–Kier alpha value is -2.54. The maximum Gasteiger partial charge on any atom is 0.250 e. The van der Waals surface area contributed by atoms with Crippen LogP contribution >= 0.6 is 27.5 Å². The minimum atomic E-state index is -1.13. The highest BCUT2D eigenvalue weighted by Crippen LogP contribution is 2.55. The lowest BCUT2D eigenvalue weighted by molar-refractivity contribution is -0.126. The van der Waals surface area contributed by atoms with Gasteiger partial charge in [-0.1, -0.05) is 45.7 Å². The molecule has 1 aromatic heterocycles. The molecule has 1 fully saturated rings. The standard InChI is InChI=1S/C24H19BrClN3O2/c1-29-13-17(14-5-8-16(26)9-6-14)21(22(30)20-4-2-3-11-27-20)24(29)18-12-15(25)7-10-19(18)28-23(24)31/h2-12,17,21H,13H2,1H3,(H,28,31)/t17-,21-,24-/m1/s1. The summed E-state index contributed by atoms with van der Waals surface area (Å²) in [6.45, 7) is 0.546. The van der Waals surface area contributed by atoms with Crippen LogP contribution in [-0.2, 0) is 10.3 Å². The van der Waals surface area contributed by atoms with Gasteiger partial charge in [0, 0.05) is 39.4 Å². The first-order valence-electron chi connectivity index (χ1n) is 9.96. The van der Waals surface area contributed by atoms with Gasteiger partial charge in [-0.2, -0.15) is 0 Å². The number of carbonyl (C=O) groups excluding carboxylic acids is 2. The molecule has 3 aromatic rings. The van der Waals surface area contributed by atoms with Crippen molar-refractivity contribution in [1.29, 1.82) is 0 Å². The smallest absolute Gasteiger partial charge is 0.250 e. The van der Waals surface area contributed by atoms with Gasteiger partial charge in [0.2, 0.25) is 5.91 Å². The third-order valence-corrected chi connectivity index (χ3v) is 7.15. The van der Waals surface area contributed by atoms with Gasteiger partial charge in [-0.3, -0.25) is 19.5 Å². The number of nitrogens with one attached hydrogen (secondary N) is 1. The first-order chi connectivity index (χ1) is 14.9. The average molecular weight is 497 g/mol. The fraction of sp³-hybridized carbons (Fsp3) is 0.208. The highest BCUT2D eigenvalue weighted by molar-refractivity contribution is 9.10. The third kappa shape index (κ3) is 3.04. The van der Waals surface area contributed by atoms with Crippen LogP contribution in [0, 0.1) is 5.92 Å². The molecule has 0 unspecified atom stereocenters. The second kappa shape index (κ2) is 7.55. The number of fused-ring (bicyclic) bond motifs is 2. The SMILES string of the molecule is CN1C[C@H](c2ccc(Cl)cc2)[C@H](C(=O)c2ccccn2)[C@]12C(=O)Nc1ccc(Br)cc12. The van der Waals surface area contributed by atoms with E-state index >= 15 is 0 Å². The molecule has 0 bridgehead atoms. The number of rotatable bonds is 3. The van der Waals surface area contributed by atoms with Gasteiger partial charge in [0.25, 0.3) is 0 Å². The number of ketones is 1. The van der Waals surface area contributed by atoms with Crippen LogP contribution in [0.2, 0.25) is 5.02 Å². The molecular formula is C24H19BrClN3O2. The molecule has 0 aliphatic carbocycles. The summed E-state index contributed by atoms with van der Waals surface area (Å²) in [4.78, 5) is 33.8. The van der Waals surface area contributed by atoms with Crippen LogP contribution in [0.5, 0.6) is 0 Å². The largest absolute Gasteiger partial charge is 0.324 e. The van der Waals surface area contributed by atoms with Gasteiger partial charge in [0.15, 0.2) is 5.78 Å². The predicted molar refractivity (Wildman–Crippen MR) is 123 cm³/mol. The number of pyridine rings is 1. The van der Waals surface area contributed by atoms with E-state index in [4.69, 9.17) is 11.6 Å². The van der Waals surface area contributed by atoms with Gasteiger partial charge in [-0.25, -0.2) is 0 Å². The van der Waals surface area contributed by atoms with Crippen molar-refractivity contribution in [2.75, 3.05) is 18.9 Å². The predicted octanol–water partition coefficient (Wildman–Crippen LogP) is 4.87. The van der Waals surface area contributed by atoms with E-state index in [-0.39, 0.29) is 17.6 Å². The molecule has 2 aromatic carbocycles. The molecule has 1 saturated heterocycles. The molecule has 1 spiro atoms. The van der Waals surface area contributed by atoms with Crippen molar-refractivity contribution in [3.05, 3.63) is 93.2 Å². The lowest BCUT2D eigenvalue weighted by Crippen LogP contribution is -2.51. The highest BCUT2D eigenvalue weighted by atomic mass is 79.9. The van der Waals surface area contributed by atoms with Gasteiger partial charge < -0.3 is 5.32 Å². The van der Waals surface area contributed by atoms with E-state index < -0.39 is 11.5 Å². The van der Waals surface area contributed by atoms with E-state index in [1.807, 2.05) is 54.4 Å². The Morgan fingerprint density at radius 3 is 2.68 bits per heavy atom. The van der Waals surface area contributed by atoms with Crippen molar-refractivity contribution < 1.29 is 9.59 Å². The molecule has 1 N–H and O–H groups in total. The summed E-state index contributed by atoms with van der Waals surface area (Å²) in [7, 11) is 1.91. The number of Topliss-reactive ketones (excluding diaryl/α,β-unsaturated/α-hetero) is 1. The molecule has 0 saturated carbocycles. The Morgan fingerprint density at radius 2 is 1.97 bits per heavy atom. The Labute approximate surface area is 193 Å². The monoisotopic (exact) mass is 495 g/mol. The summed E-state index contributed by atoms with van der Waals surface area (Å²) in [5.41, 5.74) is 1.74. The molecule has 31 heavy (non-hydrogen) atoms. The van der Waals surface area contributed by atoms with Crippen LogP contribution in [0.25, 0.3) is 0 Å². The van der Waals surface area contributed by atoms with Crippen molar-refractivity contribution in [1.82, 2.24) is 9.88 Å². The summed E-state index contributed by atoms with van der Waals surface area (Å²) < 4.78 is 0.856.